The van der Waals surface area contributed by atoms with Crippen molar-refractivity contribution < 1.29 is 9.47 Å². The van der Waals surface area contributed by atoms with Crippen molar-refractivity contribution in [2.45, 2.75) is 26.1 Å². The molecule has 0 saturated heterocycles. The van der Waals surface area contributed by atoms with Gasteiger partial charge < -0.3 is 9.47 Å². The number of hydrogen-bond acceptors (Lipinski definition) is 3. The van der Waals surface area contributed by atoms with Crippen molar-refractivity contribution in [1.29, 1.82) is 0 Å². The predicted octanol–water partition coefficient (Wildman–Crippen LogP) is 2.79. The molecule has 0 amide bonds. The van der Waals surface area contributed by atoms with Gasteiger partial charge in [0.15, 0.2) is 5.75 Å². The predicted molar refractivity (Wildman–Crippen MR) is 74.0 cm³/mol. The van der Waals surface area contributed by atoms with Crippen LogP contribution in [0.3, 0.4) is 0 Å². The van der Waals surface area contributed by atoms with Gasteiger partial charge in [0.05, 0.1) is 31.7 Å². The van der Waals surface area contributed by atoms with Gasteiger partial charge in [0, 0.05) is 13.5 Å². The number of aromatic nitrogens is 2. The third-order valence-corrected chi connectivity index (χ3v) is 2.85. The van der Waals surface area contributed by atoms with E-state index in [2.05, 4.69) is 24.2 Å². The number of benzene rings is 1. The molecular weight excluding hydrogens is 240 g/mol. The third kappa shape index (κ3) is 4.75. The second kappa shape index (κ2) is 6.95. The quantitative estimate of drug-likeness (QED) is 0.768. The fraction of sp³-hybridized carbons (Fsp3) is 0.400. The van der Waals surface area contributed by atoms with Gasteiger partial charge in [-0.15, -0.1) is 0 Å². The Morgan fingerprint density at radius 1 is 1.26 bits per heavy atom. The normalized spacial score (nSPS) is 12.3. The van der Waals surface area contributed by atoms with Gasteiger partial charge >= 0.3 is 0 Å². The topological polar surface area (TPSA) is 36.3 Å². The zero-order valence-corrected chi connectivity index (χ0v) is 11.5. The molecule has 1 aromatic carbocycles. The van der Waals surface area contributed by atoms with Crippen LogP contribution in [0.4, 0.5) is 0 Å². The van der Waals surface area contributed by atoms with E-state index >= 15 is 0 Å². The molecule has 1 aromatic heterocycles. The van der Waals surface area contributed by atoms with Crippen molar-refractivity contribution in [3.8, 4) is 5.75 Å². The highest BCUT2D eigenvalue weighted by molar-refractivity contribution is 5.13. The average molecular weight is 260 g/mol. The van der Waals surface area contributed by atoms with Crippen LogP contribution in [0.25, 0.3) is 0 Å². The van der Waals surface area contributed by atoms with E-state index in [1.807, 2.05) is 31.4 Å². The van der Waals surface area contributed by atoms with Gasteiger partial charge in [-0.2, -0.15) is 5.10 Å². The largest absolute Gasteiger partial charge is 0.490 e. The summed E-state index contributed by atoms with van der Waals surface area (Å²) >= 11 is 0. The van der Waals surface area contributed by atoms with E-state index in [1.54, 1.807) is 10.9 Å². The Bertz CT molecular complexity index is 482. The lowest BCUT2D eigenvalue weighted by Crippen LogP contribution is -2.12. The van der Waals surface area contributed by atoms with Crippen molar-refractivity contribution in [2.24, 2.45) is 7.05 Å². The molecule has 0 spiro atoms. The first-order chi connectivity index (χ1) is 9.24. The number of aryl methyl sites for hydroxylation is 1. The third-order valence-electron chi connectivity index (χ3n) is 2.85. The van der Waals surface area contributed by atoms with Crippen LogP contribution in [0.2, 0.25) is 0 Å². The summed E-state index contributed by atoms with van der Waals surface area (Å²) in [7, 11) is 1.87. The van der Waals surface area contributed by atoms with E-state index in [4.69, 9.17) is 9.47 Å². The molecule has 0 bridgehead atoms. The van der Waals surface area contributed by atoms with Crippen LogP contribution in [-0.2, 0) is 18.4 Å². The number of ether oxygens (including phenoxy) is 2. The van der Waals surface area contributed by atoms with Gasteiger partial charge in [-0.1, -0.05) is 30.3 Å². The first-order valence-electron chi connectivity index (χ1n) is 6.51. The summed E-state index contributed by atoms with van der Waals surface area (Å²) in [5.41, 5.74) is 1.20. The lowest BCUT2D eigenvalue weighted by Gasteiger charge is -2.13. The van der Waals surface area contributed by atoms with E-state index < -0.39 is 0 Å². The van der Waals surface area contributed by atoms with Crippen molar-refractivity contribution in [3.63, 3.8) is 0 Å². The Hall–Kier alpha value is -1.81. The number of rotatable bonds is 7. The Morgan fingerprint density at radius 2 is 2.05 bits per heavy atom. The fourth-order valence-electron chi connectivity index (χ4n) is 1.71. The smallest absolute Gasteiger partial charge is 0.157 e. The zero-order chi connectivity index (χ0) is 13.5. The van der Waals surface area contributed by atoms with Crippen molar-refractivity contribution in [2.75, 3.05) is 6.61 Å². The van der Waals surface area contributed by atoms with Crippen LogP contribution >= 0.6 is 0 Å². The monoisotopic (exact) mass is 260 g/mol. The lowest BCUT2D eigenvalue weighted by molar-refractivity contribution is 0.0386. The summed E-state index contributed by atoms with van der Waals surface area (Å²) in [6.45, 7) is 3.35. The summed E-state index contributed by atoms with van der Waals surface area (Å²) in [5, 5.41) is 4.05. The molecule has 4 nitrogen and oxygen atoms in total. The van der Waals surface area contributed by atoms with Gasteiger partial charge in [0.1, 0.15) is 0 Å². The average Bonchev–Trinajstić information content (AvgIpc) is 2.83. The molecule has 1 heterocycles. The highest BCUT2D eigenvalue weighted by atomic mass is 16.5. The molecule has 0 unspecified atom stereocenters. The molecule has 0 fully saturated rings. The Kier molecular flexibility index (Phi) is 4.98. The van der Waals surface area contributed by atoms with Crippen molar-refractivity contribution in [1.82, 2.24) is 9.78 Å². The summed E-state index contributed by atoms with van der Waals surface area (Å²) in [5.74, 6) is 0.803. The van der Waals surface area contributed by atoms with E-state index in [9.17, 15) is 0 Å². The van der Waals surface area contributed by atoms with E-state index in [0.717, 1.165) is 12.2 Å². The first kappa shape index (κ1) is 13.6. The Morgan fingerprint density at radius 3 is 2.74 bits per heavy atom. The molecule has 0 saturated carbocycles. The molecule has 1 atom stereocenters. The van der Waals surface area contributed by atoms with Crippen LogP contribution in [0.5, 0.6) is 5.75 Å². The van der Waals surface area contributed by atoms with Gasteiger partial charge in [0.25, 0.3) is 0 Å². The molecule has 0 aliphatic rings. The molecular formula is C15H20N2O2. The van der Waals surface area contributed by atoms with Crippen LogP contribution in [-0.4, -0.2) is 22.5 Å². The number of hydrogen-bond donors (Lipinski definition) is 0. The first-order valence-corrected chi connectivity index (χ1v) is 6.51. The summed E-state index contributed by atoms with van der Waals surface area (Å²) in [6.07, 6.45) is 4.61. The summed E-state index contributed by atoms with van der Waals surface area (Å²) in [4.78, 5) is 0. The van der Waals surface area contributed by atoms with Crippen LogP contribution in [0.15, 0.2) is 42.7 Å². The molecule has 2 aromatic rings. The Balaban J connectivity index is 1.63. The van der Waals surface area contributed by atoms with Gasteiger partial charge in [-0.3, -0.25) is 4.68 Å². The van der Waals surface area contributed by atoms with Crippen LogP contribution in [0.1, 0.15) is 18.9 Å². The second-order valence-corrected chi connectivity index (χ2v) is 4.59. The van der Waals surface area contributed by atoms with Gasteiger partial charge in [-0.05, 0) is 12.5 Å². The molecule has 0 radical (unpaired) electrons. The van der Waals surface area contributed by atoms with Gasteiger partial charge in [-0.25, -0.2) is 0 Å². The van der Waals surface area contributed by atoms with Gasteiger partial charge in [0.2, 0.25) is 0 Å². The highest BCUT2D eigenvalue weighted by Crippen LogP contribution is 2.09. The molecule has 2 rings (SSSR count). The van der Waals surface area contributed by atoms with Crippen LogP contribution in [0, 0.1) is 0 Å². The summed E-state index contributed by atoms with van der Waals surface area (Å²) in [6, 6.07) is 10.2. The highest BCUT2D eigenvalue weighted by Gasteiger charge is 2.04. The molecule has 19 heavy (non-hydrogen) atoms. The lowest BCUT2D eigenvalue weighted by atomic mass is 10.2. The SMILES string of the molecule is C[C@H](CCOc1cnn(C)c1)OCc1ccccc1. The maximum atomic E-state index is 5.77. The fourth-order valence-corrected chi connectivity index (χ4v) is 1.71. The molecule has 102 valence electrons. The minimum atomic E-state index is 0.178. The molecule has 0 aliphatic heterocycles. The number of nitrogens with zero attached hydrogens (tertiary/aromatic N) is 2. The van der Waals surface area contributed by atoms with E-state index in [1.165, 1.54) is 5.56 Å². The Labute approximate surface area is 114 Å². The zero-order valence-electron chi connectivity index (χ0n) is 11.5. The van der Waals surface area contributed by atoms with Crippen molar-refractivity contribution >= 4 is 0 Å². The van der Waals surface area contributed by atoms with Crippen LogP contribution < -0.4 is 4.74 Å². The van der Waals surface area contributed by atoms with E-state index in [-0.39, 0.29) is 6.10 Å². The molecule has 0 aliphatic carbocycles. The minimum absolute atomic E-state index is 0.178. The maximum Gasteiger partial charge on any atom is 0.157 e. The molecule has 4 heteroatoms. The van der Waals surface area contributed by atoms with E-state index in [0.29, 0.717) is 13.2 Å². The maximum absolute atomic E-state index is 5.77. The van der Waals surface area contributed by atoms with Crippen molar-refractivity contribution in [3.05, 3.63) is 48.3 Å². The second-order valence-electron chi connectivity index (χ2n) is 4.59. The minimum Gasteiger partial charge on any atom is -0.490 e. The standard InChI is InChI=1S/C15H20N2O2/c1-13(19-12-14-6-4-3-5-7-14)8-9-18-15-10-16-17(2)11-15/h3-7,10-11,13H,8-9,12H2,1-2H3/t13-/m1/s1. The summed E-state index contributed by atoms with van der Waals surface area (Å²) < 4.78 is 13.1. The molecule has 0 N–H and O–H groups in total.